The summed E-state index contributed by atoms with van der Waals surface area (Å²) in [6.07, 6.45) is 2.44. The van der Waals surface area contributed by atoms with Gasteiger partial charge in [0, 0.05) is 54.8 Å². The quantitative estimate of drug-likeness (QED) is 0.322. The molecule has 33 heavy (non-hydrogen) atoms. The topological polar surface area (TPSA) is 122 Å². The summed E-state index contributed by atoms with van der Waals surface area (Å²) in [4.78, 5) is 27.0. The van der Waals surface area contributed by atoms with E-state index in [4.69, 9.17) is 9.97 Å². The number of fused-ring (bicyclic) bond motifs is 1. The highest BCUT2D eigenvalue weighted by molar-refractivity contribution is 7.99. The fraction of sp³-hybridized carbons (Fsp3) is 0.364. The number of anilines is 3. The van der Waals surface area contributed by atoms with Gasteiger partial charge in [-0.3, -0.25) is 20.1 Å². The van der Waals surface area contributed by atoms with Gasteiger partial charge in [0.1, 0.15) is 11.6 Å². The molecule has 0 spiro atoms. The number of nitrogens with one attached hydrogen (secondary N) is 4. The maximum absolute atomic E-state index is 11.8. The Morgan fingerprint density at radius 1 is 1.03 bits per heavy atom. The third kappa shape index (κ3) is 4.33. The second-order valence-electron chi connectivity index (χ2n) is 8.68. The van der Waals surface area contributed by atoms with E-state index in [1.807, 2.05) is 24.3 Å². The fourth-order valence-corrected chi connectivity index (χ4v) is 4.85. The Labute approximate surface area is 194 Å². The zero-order valence-electron chi connectivity index (χ0n) is 18.3. The highest BCUT2D eigenvalue weighted by Gasteiger charge is 2.25. The van der Waals surface area contributed by atoms with Crippen molar-refractivity contribution in [3.05, 3.63) is 46.4 Å². The predicted octanol–water partition coefficient (Wildman–Crippen LogP) is 2.89. The summed E-state index contributed by atoms with van der Waals surface area (Å²) >= 11 is 1.47. The maximum Gasteiger partial charge on any atom is 0.271 e. The van der Waals surface area contributed by atoms with E-state index in [-0.39, 0.29) is 5.56 Å². The smallest absolute Gasteiger partial charge is 0.271 e. The van der Waals surface area contributed by atoms with Crippen LogP contribution < -0.4 is 15.8 Å². The summed E-state index contributed by atoms with van der Waals surface area (Å²) in [5.41, 5.74) is 1.82. The lowest BCUT2D eigenvalue weighted by atomic mass is 10.2. The molecule has 0 amide bonds. The van der Waals surface area contributed by atoms with Gasteiger partial charge in [-0.05, 0) is 49.9 Å². The molecular formula is C22H25N9OS. The number of hydrogen-bond acceptors (Lipinski definition) is 8. The summed E-state index contributed by atoms with van der Waals surface area (Å²) in [5, 5.41) is 17.7. The number of aromatic nitrogens is 6. The first-order chi connectivity index (χ1) is 16.1. The first-order valence-electron chi connectivity index (χ1n) is 11.1. The molecular weight excluding hydrogens is 438 g/mol. The van der Waals surface area contributed by atoms with Crippen LogP contribution in [0.2, 0.25) is 0 Å². The first-order valence-corrected chi connectivity index (χ1v) is 12.0. The third-order valence-corrected chi connectivity index (χ3v) is 7.00. The SMILES string of the molecule is CN1CCN(c2cc(Nc3cc(C4CC4)[nH]n3)nc(Sc3ccc4c(=O)[nH][nH]c4c3)n2)CC1. The molecule has 4 heterocycles. The van der Waals surface area contributed by atoms with Crippen molar-refractivity contribution in [1.29, 1.82) is 0 Å². The molecule has 170 valence electrons. The highest BCUT2D eigenvalue weighted by atomic mass is 32.2. The van der Waals surface area contributed by atoms with Crippen LogP contribution in [0.5, 0.6) is 0 Å². The Balaban J connectivity index is 1.30. The number of aromatic amines is 3. The fourth-order valence-electron chi connectivity index (χ4n) is 4.04. The molecule has 0 unspecified atom stereocenters. The lowest BCUT2D eigenvalue weighted by Gasteiger charge is -2.33. The van der Waals surface area contributed by atoms with Crippen molar-refractivity contribution in [1.82, 2.24) is 35.3 Å². The van der Waals surface area contributed by atoms with E-state index >= 15 is 0 Å². The Hall–Kier alpha value is -3.31. The van der Waals surface area contributed by atoms with E-state index in [0.29, 0.717) is 22.3 Å². The Morgan fingerprint density at radius 3 is 2.70 bits per heavy atom. The molecule has 1 aliphatic carbocycles. The molecule has 2 aliphatic rings. The van der Waals surface area contributed by atoms with Crippen molar-refractivity contribution < 1.29 is 0 Å². The van der Waals surface area contributed by atoms with Crippen LogP contribution >= 0.6 is 11.8 Å². The first kappa shape index (κ1) is 20.3. The summed E-state index contributed by atoms with van der Waals surface area (Å²) in [7, 11) is 2.14. The van der Waals surface area contributed by atoms with Gasteiger partial charge in [0.2, 0.25) is 0 Å². The van der Waals surface area contributed by atoms with Gasteiger partial charge in [0.25, 0.3) is 5.56 Å². The van der Waals surface area contributed by atoms with E-state index in [1.165, 1.54) is 30.3 Å². The number of benzene rings is 1. The lowest BCUT2D eigenvalue weighted by Crippen LogP contribution is -2.44. The average Bonchev–Trinajstić information content (AvgIpc) is 3.46. The number of hydrogen-bond donors (Lipinski definition) is 4. The minimum absolute atomic E-state index is 0.120. The predicted molar refractivity (Wildman–Crippen MR) is 129 cm³/mol. The standard InChI is InChI=1S/C22H25N9OS/c1-30-6-8-31(9-7-30)20-12-18(23-19-11-16(26-28-19)13-2-3-13)24-22(25-20)33-14-4-5-15-17(10-14)27-29-21(15)32/h4-5,10-13H,2-3,6-9H2,1H3,(H2,27,29,32)(H2,23,24,25,26,28). The van der Waals surface area contributed by atoms with Crippen molar-refractivity contribution in [3.63, 3.8) is 0 Å². The van der Waals surface area contributed by atoms with E-state index in [1.54, 1.807) is 0 Å². The Kier molecular flexibility index (Phi) is 5.07. The van der Waals surface area contributed by atoms with Crippen molar-refractivity contribution in [2.24, 2.45) is 0 Å². The molecule has 6 rings (SSSR count). The lowest BCUT2D eigenvalue weighted by molar-refractivity contribution is 0.312. The van der Waals surface area contributed by atoms with Crippen molar-refractivity contribution in [2.45, 2.75) is 28.8 Å². The summed E-state index contributed by atoms with van der Waals surface area (Å²) in [6.45, 7) is 3.83. The number of nitrogens with zero attached hydrogens (tertiary/aromatic N) is 5. The van der Waals surface area contributed by atoms with Crippen LogP contribution in [0, 0.1) is 0 Å². The molecule has 3 aromatic heterocycles. The van der Waals surface area contributed by atoms with Gasteiger partial charge in [-0.1, -0.05) is 0 Å². The molecule has 4 N–H and O–H groups in total. The second kappa shape index (κ2) is 8.23. The van der Waals surface area contributed by atoms with Crippen LogP contribution in [-0.2, 0) is 0 Å². The molecule has 2 fully saturated rings. The van der Waals surface area contributed by atoms with E-state index in [9.17, 15) is 4.79 Å². The van der Waals surface area contributed by atoms with Crippen LogP contribution in [-0.4, -0.2) is 68.5 Å². The van der Waals surface area contributed by atoms with Crippen LogP contribution in [0.25, 0.3) is 10.9 Å². The largest absolute Gasteiger partial charge is 0.354 e. The van der Waals surface area contributed by atoms with Crippen LogP contribution in [0.4, 0.5) is 17.5 Å². The maximum atomic E-state index is 11.8. The number of likely N-dealkylation sites (N-methyl/N-ethyl adjacent to an activating group) is 1. The highest BCUT2D eigenvalue weighted by Crippen LogP contribution is 2.39. The molecule has 0 bridgehead atoms. The third-order valence-electron chi connectivity index (χ3n) is 6.15. The van der Waals surface area contributed by atoms with Gasteiger partial charge < -0.3 is 15.1 Å². The summed E-state index contributed by atoms with van der Waals surface area (Å²) in [5.74, 6) is 2.99. The molecule has 4 aromatic rings. The van der Waals surface area contributed by atoms with E-state index < -0.39 is 0 Å². The van der Waals surface area contributed by atoms with Gasteiger partial charge >= 0.3 is 0 Å². The van der Waals surface area contributed by atoms with Gasteiger partial charge in [0.15, 0.2) is 11.0 Å². The van der Waals surface area contributed by atoms with Crippen molar-refractivity contribution in [2.75, 3.05) is 43.4 Å². The van der Waals surface area contributed by atoms with Gasteiger partial charge in [0.05, 0.1) is 10.9 Å². The van der Waals surface area contributed by atoms with Gasteiger partial charge in [-0.15, -0.1) is 0 Å². The number of H-pyrrole nitrogens is 3. The van der Waals surface area contributed by atoms with E-state index in [0.717, 1.165) is 48.2 Å². The van der Waals surface area contributed by atoms with E-state index in [2.05, 4.69) is 48.6 Å². The number of rotatable bonds is 6. The zero-order chi connectivity index (χ0) is 22.4. The second-order valence-corrected chi connectivity index (χ2v) is 9.72. The van der Waals surface area contributed by atoms with Crippen molar-refractivity contribution >= 4 is 40.1 Å². The molecule has 0 atom stereocenters. The molecule has 0 radical (unpaired) electrons. The molecule has 1 aliphatic heterocycles. The Bertz CT molecular complexity index is 1350. The normalized spacial score (nSPS) is 17.1. The van der Waals surface area contributed by atoms with Crippen LogP contribution in [0.1, 0.15) is 24.5 Å². The summed E-state index contributed by atoms with van der Waals surface area (Å²) < 4.78 is 0. The number of piperazine rings is 1. The zero-order valence-corrected chi connectivity index (χ0v) is 19.1. The summed E-state index contributed by atoms with van der Waals surface area (Å²) in [6, 6.07) is 9.74. The van der Waals surface area contributed by atoms with Crippen LogP contribution in [0.15, 0.2) is 45.2 Å². The van der Waals surface area contributed by atoms with Crippen molar-refractivity contribution in [3.8, 4) is 0 Å². The van der Waals surface area contributed by atoms with Gasteiger partial charge in [-0.2, -0.15) is 5.10 Å². The molecule has 1 saturated heterocycles. The molecule has 1 aromatic carbocycles. The molecule has 11 heteroatoms. The average molecular weight is 464 g/mol. The monoisotopic (exact) mass is 463 g/mol. The Morgan fingerprint density at radius 2 is 1.88 bits per heavy atom. The molecule has 1 saturated carbocycles. The minimum Gasteiger partial charge on any atom is -0.354 e. The van der Waals surface area contributed by atoms with Crippen LogP contribution in [0.3, 0.4) is 0 Å². The minimum atomic E-state index is -0.120. The van der Waals surface area contributed by atoms with Gasteiger partial charge in [-0.25, -0.2) is 9.97 Å². The molecule has 10 nitrogen and oxygen atoms in total.